The van der Waals surface area contributed by atoms with Crippen LogP contribution >= 0.6 is 0 Å². The van der Waals surface area contributed by atoms with Crippen molar-refractivity contribution in [2.24, 2.45) is 0 Å². The molecular weight excluding hydrogens is 321 g/mol. The summed E-state index contributed by atoms with van der Waals surface area (Å²) < 4.78 is 40.1. The van der Waals surface area contributed by atoms with Crippen molar-refractivity contribution in [2.45, 2.75) is 12.9 Å². The van der Waals surface area contributed by atoms with E-state index >= 15 is 0 Å². The van der Waals surface area contributed by atoms with Gasteiger partial charge in [0.15, 0.2) is 0 Å². The molecule has 0 unspecified atom stereocenters. The van der Waals surface area contributed by atoms with Crippen LogP contribution in [0, 0.1) is 11.3 Å². The molecule has 0 aliphatic carbocycles. The fourth-order valence-electron chi connectivity index (χ4n) is 2.20. The zero-order chi connectivity index (χ0) is 17.2. The van der Waals surface area contributed by atoms with Gasteiger partial charge in [-0.1, -0.05) is 18.2 Å². The average molecular weight is 332 g/mol. The first kappa shape index (κ1) is 15.7. The molecule has 122 valence electrons. The number of rotatable bonds is 4. The SMILES string of the molecule is N#Cc1cccc2[nH]c(NCc3ccc(OC(F)(F)F)cc3)nc12. The first-order valence-electron chi connectivity index (χ1n) is 6.92. The minimum atomic E-state index is -4.70. The first-order valence-corrected chi connectivity index (χ1v) is 6.92. The number of anilines is 1. The lowest BCUT2D eigenvalue weighted by atomic mass is 10.2. The van der Waals surface area contributed by atoms with Crippen LogP contribution in [0.1, 0.15) is 11.1 Å². The third kappa shape index (κ3) is 3.57. The Bertz CT molecular complexity index is 894. The first-order chi connectivity index (χ1) is 11.4. The number of halogens is 3. The summed E-state index contributed by atoms with van der Waals surface area (Å²) in [6.45, 7) is 0.355. The molecule has 0 saturated carbocycles. The maximum atomic E-state index is 12.1. The van der Waals surface area contributed by atoms with E-state index in [-0.39, 0.29) is 5.75 Å². The van der Waals surface area contributed by atoms with E-state index in [1.54, 1.807) is 18.2 Å². The summed E-state index contributed by atoms with van der Waals surface area (Å²) in [6.07, 6.45) is -4.70. The summed E-state index contributed by atoms with van der Waals surface area (Å²) in [6, 6.07) is 12.8. The van der Waals surface area contributed by atoms with Gasteiger partial charge in [0.1, 0.15) is 17.3 Å². The molecule has 0 aliphatic rings. The Balaban J connectivity index is 1.69. The zero-order valence-corrected chi connectivity index (χ0v) is 12.2. The summed E-state index contributed by atoms with van der Waals surface area (Å²) in [5.41, 5.74) is 2.51. The fourth-order valence-corrected chi connectivity index (χ4v) is 2.20. The van der Waals surface area contributed by atoms with E-state index in [0.717, 1.165) is 11.1 Å². The van der Waals surface area contributed by atoms with Crippen LogP contribution < -0.4 is 10.1 Å². The van der Waals surface area contributed by atoms with E-state index in [2.05, 4.69) is 26.1 Å². The van der Waals surface area contributed by atoms with E-state index in [9.17, 15) is 13.2 Å². The van der Waals surface area contributed by atoms with Crippen LogP contribution in [-0.2, 0) is 6.54 Å². The number of aromatic amines is 1. The van der Waals surface area contributed by atoms with Crippen molar-refractivity contribution < 1.29 is 17.9 Å². The molecule has 5 nitrogen and oxygen atoms in total. The summed E-state index contributed by atoms with van der Waals surface area (Å²) >= 11 is 0. The number of fused-ring (bicyclic) bond motifs is 1. The Hall–Kier alpha value is -3.21. The molecule has 0 amide bonds. The van der Waals surface area contributed by atoms with E-state index in [4.69, 9.17) is 5.26 Å². The van der Waals surface area contributed by atoms with Crippen LogP contribution in [0.5, 0.6) is 5.75 Å². The highest BCUT2D eigenvalue weighted by Gasteiger charge is 2.30. The number of hydrogen-bond acceptors (Lipinski definition) is 4. The number of aromatic nitrogens is 2. The van der Waals surface area contributed by atoms with Gasteiger partial charge in [-0.05, 0) is 29.8 Å². The number of hydrogen-bond donors (Lipinski definition) is 2. The van der Waals surface area contributed by atoms with Crippen LogP contribution in [0.2, 0.25) is 0 Å². The largest absolute Gasteiger partial charge is 0.573 e. The smallest absolute Gasteiger partial charge is 0.406 e. The van der Waals surface area contributed by atoms with E-state index in [0.29, 0.717) is 23.6 Å². The van der Waals surface area contributed by atoms with Crippen molar-refractivity contribution in [3.05, 3.63) is 53.6 Å². The highest BCUT2D eigenvalue weighted by molar-refractivity contribution is 5.83. The molecule has 3 aromatic rings. The number of imidazole rings is 1. The van der Waals surface area contributed by atoms with Crippen LogP contribution in [0.3, 0.4) is 0 Å². The summed E-state index contributed by atoms with van der Waals surface area (Å²) in [5, 5.41) is 12.1. The molecule has 0 fully saturated rings. The Labute approximate surface area is 134 Å². The van der Waals surface area contributed by atoms with Gasteiger partial charge in [0, 0.05) is 6.54 Å². The number of para-hydroxylation sites is 1. The van der Waals surface area contributed by atoms with Gasteiger partial charge in [-0.15, -0.1) is 13.2 Å². The van der Waals surface area contributed by atoms with Crippen LogP contribution in [0.4, 0.5) is 19.1 Å². The quantitative estimate of drug-likeness (QED) is 0.759. The van der Waals surface area contributed by atoms with Gasteiger partial charge in [-0.25, -0.2) is 4.98 Å². The van der Waals surface area contributed by atoms with E-state index in [1.807, 2.05) is 0 Å². The number of benzene rings is 2. The van der Waals surface area contributed by atoms with Crippen molar-refractivity contribution in [2.75, 3.05) is 5.32 Å². The third-order valence-corrected chi connectivity index (χ3v) is 3.25. The molecule has 2 N–H and O–H groups in total. The van der Waals surface area contributed by atoms with Crippen molar-refractivity contribution in [1.29, 1.82) is 5.26 Å². The molecule has 0 spiro atoms. The normalized spacial score (nSPS) is 11.2. The second kappa shape index (κ2) is 6.12. The molecule has 1 aromatic heterocycles. The molecule has 8 heteroatoms. The van der Waals surface area contributed by atoms with Gasteiger partial charge < -0.3 is 15.0 Å². The maximum Gasteiger partial charge on any atom is 0.573 e. The number of nitrogens with one attached hydrogen (secondary N) is 2. The molecule has 0 bridgehead atoms. The number of ether oxygens (including phenoxy) is 1. The lowest BCUT2D eigenvalue weighted by Crippen LogP contribution is -2.17. The molecular formula is C16H11F3N4O. The lowest BCUT2D eigenvalue weighted by Gasteiger charge is -2.09. The minimum Gasteiger partial charge on any atom is -0.406 e. The molecule has 24 heavy (non-hydrogen) atoms. The topological polar surface area (TPSA) is 73.7 Å². The zero-order valence-electron chi connectivity index (χ0n) is 12.2. The Morgan fingerprint density at radius 3 is 2.58 bits per heavy atom. The van der Waals surface area contributed by atoms with Crippen LogP contribution in [0.25, 0.3) is 11.0 Å². The van der Waals surface area contributed by atoms with Gasteiger partial charge in [-0.3, -0.25) is 0 Å². The van der Waals surface area contributed by atoms with Gasteiger partial charge >= 0.3 is 6.36 Å². The predicted octanol–water partition coefficient (Wildman–Crippen LogP) is 3.95. The monoisotopic (exact) mass is 332 g/mol. The van der Waals surface area contributed by atoms with Gasteiger partial charge in [0.05, 0.1) is 11.1 Å². The molecule has 0 saturated heterocycles. The van der Waals surface area contributed by atoms with Crippen molar-refractivity contribution >= 4 is 17.0 Å². The molecule has 3 rings (SSSR count). The predicted molar refractivity (Wildman–Crippen MR) is 81.3 cm³/mol. The van der Waals surface area contributed by atoms with Gasteiger partial charge in [0.2, 0.25) is 5.95 Å². The summed E-state index contributed by atoms with van der Waals surface area (Å²) in [7, 11) is 0. The van der Waals surface area contributed by atoms with E-state index in [1.165, 1.54) is 24.3 Å². The highest BCUT2D eigenvalue weighted by atomic mass is 19.4. The van der Waals surface area contributed by atoms with Crippen molar-refractivity contribution in [3.63, 3.8) is 0 Å². The number of H-pyrrole nitrogens is 1. The van der Waals surface area contributed by atoms with Gasteiger partial charge in [0.25, 0.3) is 0 Å². The summed E-state index contributed by atoms with van der Waals surface area (Å²) in [4.78, 5) is 7.34. The fraction of sp³-hybridized carbons (Fsp3) is 0.125. The Kier molecular flexibility index (Phi) is 4.00. The van der Waals surface area contributed by atoms with Crippen molar-refractivity contribution in [1.82, 2.24) is 9.97 Å². The van der Waals surface area contributed by atoms with Crippen LogP contribution in [0.15, 0.2) is 42.5 Å². The molecule has 0 radical (unpaired) electrons. The van der Waals surface area contributed by atoms with Gasteiger partial charge in [-0.2, -0.15) is 5.26 Å². The average Bonchev–Trinajstić information content (AvgIpc) is 2.95. The maximum absolute atomic E-state index is 12.1. The summed E-state index contributed by atoms with van der Waals surface area (Å²) in [5.74, 6) is 0.206. The number of alkyl halides is 3. The Morgan fingerprint density at radius 1 is 1.17 bits per heavy atom. The molecule has 2 aromatic carbocycles. The lowest BCUT2D eigenvalue weighted by molar-refractivity contribution is -0.274. The van der Waals surface area contributed by atoms with Crippen molar-refractivity contribution in [3.8, 4) is 11.8 Å². The van der Waals surface area contributed by atoms with Crippen LogP contribution in [-0.4, -0.2) is 16.3 Å². The number of nitrogens with zero attached hydrogens (tertiary/aromatic N) is 2. The number of nitriles is 1. The highest BCUT2D eigenvalue weighted by Crippen LogP contribution is 2.23. The second-order valence-corrected chi connectivity index (χ2v) is 4.94. The molecule has 0 atom stereocenters. The molecule has 1 heterocycles. The third-order valence-electron chi connectivity index (χ3n) is 3.25. The second-order valence-electron chi connectivity index (χ2n) is 4.94. The molecule has 0 aliphatic heterocycles. The minimum absolute atomic E-state index is 0.270. The van der Waals surface area contributed by atoms with E-state index < -0.39 is 6.36 Å². The standard InChI is InChI=1S/C16H11F3N4O/c17-16(18,19)24-12-6-4-10(5-7-12)9-21-15-22-13-3-1-2-11(8-20)14(13)23-15/h1-7H,9H2,(H2,21,22,23). The Morgan fingerprint density at radius 2 is 1.92 bits per heavy atom.